The molecule has 0 unspecified atom stereocenters. The average molecular weight is 214 g/mol. The summed E-state index contributed by atoms with van der Waals surface area (Å²) >= 11 is 0. The van der Waals surface area contributed by atoms with Crippen LogP contribution in [0.1, 0.15) is 0 Å². The molecule has 0 fully saturated rings. The van der Waals surface area contributed by atoms with E-state index in [4.69, 9.17) is 4.74 Å². The van der Waals surface area contributed by atoms with Crippen LogP contribution in [-0.4, -0.2) is 26.6 Å². The van der Waals surface area contributed by atoms with Gasteiger partial charge >= 0.3 is 0 Å². The third kappa shape index (κ3) is 1.95. The number of pyridine rings is 1. The Hall–Kier alpha value is -1.72. The Kier molecular flexibility index (Phi) is 2.95. The van der Waals surface area contributed by atoms with E-state index in [-0.39, 0.29) is 10.6 Å². The molecule has 0 aliphatic heterocycles. The van der Waals surface area contributed by atoms with Crippen molar-refractivity contribution in [3.05, 3.63) is 18.5 Å². The van der Waals surface area contributed by atoms with Gasteiger partial charge in [-0.1, -0.05) is 4.40 Å². The number of aromatic nitrogens is 1. The lowest BCUT2D eigenvalue weighted by molar-refractivity contribution is 0.402. The largest absolute Gasteiger partial charge is 0.495 e. The van der Waals surface area contributed by atoms with E-state index in [1.54, 1.807) is 0 Å². The molecule has 0 saturated heterocycles. The van der Waals surface area contributed by atoms with Crippen molar-refractivity contribution in [1.29, 1.82) is 0 Å². The Balaban J connectivity index is 3.39. The number of methoxy groups -OCH3 is 1. The van der Waals surface area contributed by atoms with Crippen LogP contribution >= 0.6 is 0 Å². The standard InChI is InChI=1S/C7H6N2O4S/c1-13-6-2-3-8-4-7(6)14(11,12)9-5-10/h2-4H,1H3. The summed E-state index contributed by atoms with van der Waals surface area (Å²) < 4.78 is 30.0. The molecule has 0 bridgehead atoms. The number of ether oxygens (including phenoxy) is 1. The molecule has 6 nitrogen and oxygen atoms in total. The molecule has 0 spiro atoms. The van der Waals surface area contributed by atoms with Gasteiger partial charge in [-0.05, 0) is 6.07 Å². The van der Waals surface area contributed by atoms with E-state index in [0.29, 0.717) is 0 Å². The fourth-order valence-corrected chi connectivity index (χ4v) is 1.62. The zero-order valence-corrected chi connectivity index (χ0v) is 7.98. The summed E-state index contributed by atoms with van der Waals surface area (Å²) in [5.74, 6) is 0.0824. The van der Waals surface area contributed by atoms with E-state index in [2.05, 4.69) is 9.38 Å². The monoisotopic (exact) mass is 214 g/mol. The molecular weight excluding hydrogens is 208 g/mol. The highest BCUT2D eigenvalue weighted by atomic mass is 32.2. The van der Waals surface area contributed by atoms with Crippen molar-refractivity contribution < 1.29 is 17.9 Å². The van der Waals surface area contributed by atoms with Crippen LogP contribution in [0.4, 0.5) is 0 Å². The zero-order chi connectivity index (χ0) is 10.6. The first-order valence-corrected chi connectivity index (χ1v) is 4.88. The average Bonchev–Trinajstić information content (AvgIpc) is 2.18. The molecule has 0 radical (unpaired) electrons. The van der Waals surface area contributed by atoms with Crippen LogP contribution in [0.5, 0.6) is 5.75 Å². The normalized spacial score (nSPS) is 10.4. The van der Waals surface area contributed by atoms with Gasteiger partial charge < -0.3 is 4.74 Å². The van der Waals surface area contributed by atoms with Crippen molar-refractivity contribution in [2.24, 2.45) is 4.40 Å². The van der Waals surface area contributed by atoms with Crippen LogP contribution in [0.25, 0.3) is 0 Å². The quantitative estimate of drug-likeness (QED) is 0.526. The molecule has 0 saturated carbocycles. The van der Waals surface area contributed by atoms with Crippen LogP contribution in [0.15, 0.2) is 27.8 Å². The second-order valence-corrected chi connectivity index (χ2v) is 3.76. The molecule has 1 aromatic heterocycles. The maximum absolute atomic E-state index is 11.3. The Bertz CT molecular complexity index is 476. The van der Waals surface area contributed by atoms with Gasteiger partial charge in [0, 0.05) is 6.20 Å². The number of rotatable bonds is 3. The second kappa shape index (κ2) is 3.99. The first kappa shape index (κ1) is 10.4. The van der Waals surface area contributed by atoms with Crippen LogP contribution in [0.3, 0.4) is 0 Å². The van der Waals surface area contributed by atoms with Crippen molar-refractivity contribution in [3.8, 4) is 5.75 Å². The highest BCUT2D eigenvalue weighted by Crippen LogP contribution is 2.22. The first-order chi connectivity index (χ1) is 6.61. The number of sulfonamides is 1. The molecule has 0 aliphatic rings. The van der Waals surface area contributed by atoms with E-state index in [1.807, 2.05) is 0 Å². The Labute approximate surface area is 80.3 Å². The van der Waals surface area contributed by atoms with Gasteiger partial charge in [0.1, 0.15) is 5.75 Å². The van der Waals surface area contributed by atoms with E-state index < -0.39 is 10.0 Å². The van der Waals surface area contributed by atoms with E-state index >= 15 is 0 Å². The maximum atomic E-state index is 11.3. The molecule has 14 heavy (non-hydrogen) atoms. The topological polar surface area (TPSA) is 85.7 Å². The molecule has 1 rings (SSSR count). The third-order valence-corrected chi connectivity index (χ3v) is 2.58. The summed E-state index contributed by atoms with van der Waals surface area (Å²) in [5.41, 5.74) is 0. The first-order valence-electron chi connectivity index (χ1n) is 3.44. The zero-order valence-electron chi connectivity index (χ0n) is 7.17. The van der Waals surface area contributed by atoms with Gasteiger partial charge in [-0.3, -0.25) is 4.98 Å². The van der Waals surface area contributed by atoms with Gasteiger partial charge in [-0.2, -0.15) is 8.42 Å². The molecule has 0 aromatic carbocycles. The molecule has 1 aromatic rings. The minimum atomic E-state index is -4.04. The predicted octanol–water partition coefficient (Wildman–Crippen LogP) is 0.115. The lowest BCUT2D eigenvalue weighted by Gasteiger charge is -2.03. The fourth-order valence-electron chi connectivity index (χ4n) is 0.828. The van der Waals surface area contributed by atoms with Gasteiger partial charge in [-0.15, -0.1) is 0 Å². The molecule has 0 aliphatic carbocycles. The summed E-state index contributed by atoms with van der Waals surface area (Å²) in [7, 11) is -2.73. The molecule has 0 atom stereocenters. The van der Waals surface area contributed by atoms with Crippen molar-refractivity contribution in [2.45, 2.75) is 4.90 Å². The van der Waals surface area contributed by atoms with E-state index in [0.717, 1.165) is 12.3 Å². The molecular formula is C7H6N2O4S. The summed E-state index contributed by atoms with van der Waals surface area (Å²) in [6.07, 6.45) is 3.38. The van der Waals surface area contributed by atoms with E-state index in [1.165, 1.54) is 19.4 Å². The van der Waals surface area contributed by atoms with Gasteiger partial charge in [0.25, 0.3) is 16.1 Å². The molecule has 7 heteroatoms. The number of carbonyl (C=O) groups excluding carboxylic acids is 1. The van der Waals surface area contributed by atoms with Crippen molar-refractivity contribution in [3.63, 3.8) is 0 Å². The lowest BCUT2D eigenvalue weighted by Crippen LogP contribution is -2.00. The summed E-state index contributed by atoms with van der Waals surface area (Å²) in [5, 5.41) is 0. The number of hydrogen-bond acceptors (Lipinski definition) is 5. The van der Waals surface area contributed by atoms with Crippen molar-refractivity contribution >= 4 is 16.1 Å². The van der Waals surface area contributed by atoms with Crippen LogP contribution in [0, 0.1) is 0 Å². The van der Waals surface area contributed by atoms with Gasteiger partial charge in [0.2, 0.25) is 0 Å². The highest BCUT2D eigenvalue weighted by Gasteiger charge is 2.18. The number of nitrogens with zero attached hydrogens (tertiary/aromatic N) is 2. The Morgan fingerprint density at radius 3 is 2.86 bits per heavy atom. The van der Waals surface area contributed by atoms with Crippen molar-refractivity contribution in [2.75, 3.05) is 7.11 Å². The molecule has 74 valence electrons. The summed E-state index contributed by atoms with van der Waals surface area (Å²) in [6.45, 7) is 0. The molecule has 0 amide bonds. The predicted molar refractivity (Wildman–Crippen MR) is 46.1 cm³/mol. The Morgan fingerprint density at radius 2 is 2.29 bits per heavy atom. The van der Waals surface area contributed by atoms with Crippen LogP contribution in [0.2, 0.25) is 0 Å². The maximum Gasteiger partial charge on any atom is 0.297 e. The number of hydrogen-bond donors (Lipinski definition) is 0. The lowest BCUT2D eigenvalue weighted by atomic mass is 10.4. The highest BCUT2D eigenvalue weighted by molar-refractivity contribution is 7.90. The Morgan fingerprint density at radius 1 is 1.57 bits per heavy atom. The molecule has 1 heterocycles. The van der Waals surface area contributed by atoms with Gasteiger partial charge in [-0.25, -0.2) is 4.79 Å². The fraction of sp³-hybridized carbons (Fsp3) is 0.143. The minimum Gasteiger partial charge on any atom is -0.495 e. The van der Waals surface area contributed by atoms with Crippen LogP contribution in [-0.2, 0) is 14.8 Å². The molecule has 0 N–H and O–H groups in total. The van der Waals surface area contributed by atoms with E-state index in [9.17, 15) is 13.2 Å². The SMILES string of the molecule is COc1ccncc1S(=O)(=O)N=C=O. The minimum absolute atomic E-state index is 0.0824. The van der Waals surface area contributed by atoms with Crippen molar-refractivity contribution in [1.82, 2.24) is 4.98 Å². The van der Waals surface area contributed by atoms with Gasteiger partial charge in [0.15, 0.2) is 4.90 Å². The summed E-state index contributed by atoms with van der Waals surface area (Å²) in [4.78, 5) is 13.2. The third-order valence-electron chi connectivity index (χ3n) is 1.40. The number of isocyanates is 1. The second-order valence-electron chi connectivity index (χ2n) is 2.18. The van der Waals surface area contributed by atoms with Gasteiger partial charge in [0.05, 0.1) is 13.3 Å². The smallest absolute Gasteiger partial charge is 0.297 e. The summed E-state index contributed by atoms with van der Waals surface area (Å²) in [6, 6.07) is 1.35. The van der Waals surface area contributed by atoms with Crippen LogP contribution < -0.4 is 4.74 Å².